The minimum atomic E-state index is -0.430. The molecule has 2 fully saturated rings. The van der Waals surface area contributed by atoms with Gasteiger partial charge in [0.15, 0.2) is 0 Å². The summed E-state index contributed by atoms with van der Waals surface area (Å²) in [5, 5.41) is 3.00. The normalized spacial score (nSPS) is 26.3. The smallest absolute Gasteiger partial charge is 0.254 e. The number of carbonyl (C=O) groups excluding carboxylic acids is 1. The lowest BCUT2D eigenvalue weighted by Crippen LogP contribution is -2.47. The highest BCUT2D eigenvalue weighted by Gasteiger charge is 2.32. The third-order valence-corrected chi connectivity index (χ3v) is 4.52. The van der Waals surface area contributed by atoms with Gasteiger partial charge >= 0.3 is 0 Å². The number of hydrogen-bond acceptors (Lipinski definition) is 2. The SMILES string of the molecule is Cc1ccc(C(=O)NC2CCN3CCCC3C2)c(F)c1. The Bertz CT molecular complexity index is 517. The van der Waals surface area contributed by atoms with E-state index in [-0.39, 0.29) is 17.5 Å². The summed E-state index contributed by atoms with van der Waals surface area (Å²) in [6.45, 7) is 4.06. The zero-order chi connectivity index (χ0) is 14.1. The fourth-order valence-electron chi connectivity index (χ4n) is 3.42. The molecule has 20 heavy (non-hydrogen) atoms. The maximum absolute atomic E-state index is 13.8. The highest BCUT2D eigenvalue weighted by Crippen LogP contribution is 2.27. The second-order valence-corrected chi connectivity index (χ2v) is 6.01. The van der Waals surface area contributed by atoms with Gasteiger partial charge in [0.05, 0.1) is 5.56 Å². The number of piperidine rings is 1. The molecule has 2 aliphatic rings. The van der Waals surface area contributed by atoms with Gasteiger partial charge in [0.1, 0.15) is 5.82 Å². The second-order valence-electron chi connectivity index (χ2n) is 6.01. The largest absolute Gasteiger partial charge is 0.349 e. The zero-order valence-corrected chi connectivity index (χ0v) is 11.9. The maximum atomic E-state index is 13.8. The second kappa shape index (κ2) is 5.52. The molecule has 2 unspecified atom stereocenters. The summed E-state index contributed by atoms with van der Waals surface area (Å²) in [5.74, 6) is -0.709. The lowest BCUT2D eigenvalue weighted by atomic mass is 9.97. The molecule has 2 saturated heterocycles. The summed E-state index contributed by atoms with van der Waals surface area (Å²) in [5.41, 5.74) is 0.989. The number of carbonyl (C=O) groups is 1. The molecule has 3 nitrogen and oxygen atoms in total. The van der Waals surface area contributed by atoms with E-state index in [1.165, 1.54) is 25.5 Å². The van der Waals surface area contributed by atoms with E-state index < -0.39 is 5.82 Å². The van der Waals surface area contributed by atoms with Gasteiger partial charge in [0, 0.05) is 18.6 Å². The summed E-state index contributed by atoms with van der Waals surface area (Å²) in [7, 11) is 0. The van der Waals surface area contributed by atoms with Crippen LogP contribution in [0.2, 0.25) is 0 Å². The molecule has 3 rings (SSSR count). The molecular weight excluding hydrogens is 255 g/mol. The standard InChI is InChI=1S/C16H21FN2O/c1-11-4-5-14(15(17)9-11)16(20)18-12-6-8-19-7-2-3-13(19)10-12/h4-5,9,12-13H,2-3,6-8,10H2,1H3,(H,18,20). The molecule has 1 amide bonds. The minimum absolute atomic E-state index is 0.157. The van der Waals surface area contributed by atoms with Gasteiger partial charge in [-0.1, -0.05) is 6.07 Å². The topological polar surface area (TPSA) is 32.3 Å². The van der Waals surface area contributed by atoms with Gasteiger partial charge in [-0.2, -0.15) is 0 Å². The molecule has 0 spiro atoms. The monoisotopic (exact) mass is 276 g/mol. The minimum Gasteiger partial charge on any atom is -0.349 e. The summed E-state index contributed by atoms with van der Waals surface area (Å²) in [4.78, 5) is 14.7. The molecular formula is C16H21FN2O. The van der Waals surface area contributed by atoms with E-state index in [2.05, 4.69) is 10.2 Å². The van der Waals surface area contributed by atoms with E-state index >= 15 is 0 Å². The molecule has 108 valence electrons. The number of hydrogen-bond donors (Lipinski definition) is 1. The number of halogens is 1. The fourth-order valence-corrected chi connectivity index (χ4v) is 3.42. The molecule has 2 heterocycles. The van der Waals surface area contributed by atoms with Crippen molar-refractivity contribution in [2.75, 3.05) is 13.1 Å². The van der Waals surface area contributed by atoms with Crippen LogP contribution in [0.1, 0.15) is 41.6 Å². The van der Waals surface area contributed by atoms with Gasteiger partial charge in [-0.3, -0.25) is 4.79 Å². The van der Waals surface area contributed by atoms with Crippen LogP contribution in [0, 0.1) is 12.7 Å². The first kappa shape index (κ1) is 13.6. The van der Waals surface area contributed by atoms with E-state index in [9.17, 15) is 9.18 Å². The van der Waals surface area contributed by atoms with Crippen molar-refractivity contribution in [2.24, 2.45) is 0 Å². The quantitative estimate of drug-likeness (QED) is 0.900. The van der Waals surface area contributed by atoms with E-state index in [0.29, 0.717) is 6.04 Å². The first-order chi connectivity index (χ1) is 9.63. The van der Waals surface area contributed by atoms with Crippen molar-refractivity contribution in [1.82, 2.24) is 10.2 Å². The predicted octanol–water partition coefficient (Wildman–Crippen LogP) is 2.49. The molecule has 1 N–H and O–H groups in total. The van der Waals surface area contributed by atoms with E-state index in [0.717, 1.165) is 24.9 Å². The van der Waals surface area contributed by atoms with Gasteiger partial charge in [-0.05, 0) is 56.8 Å². The first-order valence-electron chi connectivity index (χ1n) is 7.44. The Balaban J connectivity index is 1.64. The van der Waals surface area contributed by atoms with Crippen LogP contribution in [0.4, 0.5) is 4.39 Å². The van der Waals surface area contributed by atoms with Crippen molar-refractivity contribution in [1.29, 1.82) is 0 Å². The Morgan fingerprint density at radius 3 is 3.00 bits per heavy atom. The van der Waals surface area contributed by atoms with Crippen LogP contribution >= 0.6 is 0 Å². The van der Waals surface area contributed by atoms with Crippen molar-refractivity contribution < 1.29 is 9.18 Å². The van der Waals surface area contributed by atoms with Crippen LogP contribution in [0.25, 0.3) is 0 Å². The fraction of sp³-hybridized carbons (Fsp3) is 0.562. The van der Waals surface area contributed by atoms with Crippen LogP contribution in [0.15, 0.2) is 18.2 Å². The van der Waals surface area contributed by atoms with Crippen LogP contribution in [-0.4, -0.2) is 36.0 Å². The van der Waals surface area contributed by atoms with Gasteiger partial charge < -0.3 is 10.2 Å². The van der Waals surface area contributed by atoms with Gasteiger partial charge in [-0.15, -0.1) is 0 Å². The molecule has 0 radical (unpaired) electrons. The molecule has 0 saturated carbocycles. The summed E-state index contributed by atoms with van der Waals surface area (Å²) in [6.07, 6.45) is 4.46. The third kappa shape index (κ3) is 2.70. The molecule has 0 aromatic heterocycles. The van der Waals surface area contributed by atoms with E-state index in [1.807, 2.05) is 6.92 Å². The average Bonchev–Trinajstić information content (AvgIpc) is 2.85. The van der Waals surface area contributed by atoms with Gasteiger partial charge in [-0.25, -0.2) is 4.39 Å². The molecule has 4 heteroatoms. The van der Waals surface area contributed by atoms with Crippen molar-refractivity contribution in [3.63, 3.8) is 0 Å². The predicted molar refractivity (Wildman–Crippen MR) is 76.2 cm³/mol. The van der Waals surface area contributed by atoms with E-state index in [4.69, 9.17) is 0 Å². The average molecular weight is 276 g/mol. The third-order valence-electron chi connectivity index (χ3n) is 4.52. The van der Waals surface area contributed by atoms with Crippen LogP contribution < -0.4 is 5.32 Å². The lowest BCUT2D eigenvalue weighted by molar-refractivity contribution is 0.0892. The van der Waals surface area contributed by atoms with Crippen molar-refractivity contribution >= 4 is 5.91 Å². The molecule has 1 aromatic rings. The van der Waals surface area contributed by atoms with Crippen molar-refractivity contribution in [2.45, 2.75) is 44.7 Å². The van der Waals surface area contributed by atoms with Crippen LogP contribution in [0.5, 0.6) is 0 Å². The zero-order valence-electron chi connectivity index (χ0n) is 11.9. The molecule has 2 aliphatic heterocycles. The Hall–Kier alpha value is -1.42. The summed E-state index contributed by atoms with van der Waals surface area (Å²) >= 11 is 0. The summed E-state index contributed by atoms with van der Waals surface area (Å²) in [6, 6.07) is 5.55. The number of fused-ring (bicyclic) bond motifs is 1. The van der Waals surface area contributed by atoms with Crippen molar-refractivity contribution in [3.05, 3.63) is 35.1 Å². The van der Waals surface area contributed by atoms with Crippen molar-refractivity contribution in [3.8, 4) is 0 Å². The summed E-state index contributed by atoms with van der Waals surface area (Å²) < 4.78 is 13.8. The number of aryl methyl sites for hydroxylation is 1. The highest BCUT2D eigenvalue weighted by atomic mass is 19.1. The molecule has 1 aromatic carbocycles. The molecule has 0 bridgehead atoms. The number of amides is 1. The number of nitrogens with zero attached hydrogens (tertiary/aromatic N) is 1. The number of rotatable bonds is 2. The Morgan fingerprint density at radius 2 is 2.20 bits per heavy atom. The maximum Gasteiger partial charge on any atom is 0.254 e. The van der Waals surface area contributed by atoms with E-state index in [1.54, 1.807) is 12.1 Å². The number of nitrogens with one attached hydrogen (secondary N) is 1. The Morgan fingerprint density at radius 1 is 1.35 bits per heavy atom. The Kier molecular flexibility index (Phi) is 3.74. The number of benzene rings is 1. The highest BCUT2D eigenvalue weighted by molar-refractivity contribution is 5.94. The first-order valence-corrected chi connectivity index (χ1v) is 7.44. The lowest BCUT2D eigenvalue weighted by Gasteiger charge is -2.35. The molecule has 0 aliphatic carbocycles. The Labute approximate surface area is 119 Å². The van der Waals surface area contributed by atoms with Crippen LogP contribution in [0.3, 0.4) is 0 Å². The molecule has 2 atom stereocenters. The van der Waals surface area contributed by atoms with Gasteiger partial charge in [0.2, 0.25) is 0 Å². The van der Waals surface area contributed by atoms with Gasteiger partial charge in [0.25, 0.3) is 5.91 Å². The van der Waals surface area contributed by atoms with Crippen LogP contribution in [-0.2, 0) is 0 Å².